The van der Waals surface area contributed by atoms with E-state index in [2.05, 4.69) is 15.9 Å². The second kappa shape index (κ2) is 3.80. The lowest BCUT2D eigenvalue weighted by Gasteiger charge is -2.42. The summed E-state index contributed by atoms with van der Waals surface area (Å²) in [5, 5.41) is 20.2. The number of nitrogens with two attached hydrogens (primary N) is 1. The molecule has 0 unspecified atom stereocenters. The molecule has 0 bridgehead atoms. The van der Waals surface area contributed by atoms with E-state index < -0.39 is 16.6 Å². The maximum absolute atomic E-state index is 10.9. The van der Waals surface area contributed by atoms with Crippen LogP contribution in [-0.2, 0) is 5.54 Å². The van der Waals surface area contributed by atoms with Gasteiger partial charge < -0.3 is 10.8 Å². The van der Waals surface area contributed by atoms with Crippen LogP contribution in [0.4, 0.5) is 5.69 Å². The van der Waals surface area contributed by atoms with Crippen molar-refractivity contribution in [3.05, 3.63) is 38.3 Å². The first kappa shape index (κ1) is 11.5. The zero-order chi connectivity index (χ0) is 11.9. The Morgan fingerprint density at radius 1 is 1.56 bits per heavy atom. The highest BCUT2D eigenvalue weighted by atomic mass is 79.9. The molecule has 0 aliphatic heterocycles. The van der Waals surface area contributed by atoms with Gasteiger partial charge in [-0.15, -0.1) is 0 Å². The molecule has 0 amide bonds. The molecule has 0 saturated heterocycles. The molecule has 0 aromatic heterocycles. The number of nitrogens with zero attached hydrogens (tertiary/aromatic N) is 1. The average molecular weight is 287 g/mol. The van der Waals surface area contributed by atoms with Gasteiger partial charge in [0.15, 0.2) is 0 Å². The van der Waals surface area contributed by atoms with Gasteiger partial charge in [-0.1, -0.05) is 15.9 Å². The second-order valence-corrected chi connectivity index (χ2v) is 5.05. The third-order valence-corrected chi connectivity index (χ3v) is 3.39. The molecule has 0 spiro atoms. The molecule has 0 heterocycles. The number of nitro benzene ring substituents is 1. The molecule has 6 heteroatoms. The van der Waals surface area contributed by atoms with Gasteiger partial charge in [-0.25, -0.2) is 0 Å². The molecule has 1 aromatic carbocycles. The van der Waals surface area contributed by atoms with E-state index in [0.717, 1.165) is 0 Å². The molecule has 16 heavy (non-hydrogen) atoms. The molecule has 1 aromatic rings. The predicted molar refractivity (Wildman–Crippen MR) is 61.9 cm³/mol. The van der Waals surface area contributed by atoms with Gasteiger partial charge in [-0.2, -0.15) is 0 Å². The van der Waals surface area contributed by atoms with Crippen molar-refractivity contribution in [3.8, 4) is 0 Å². The molecule has 1 aliphatic carbocycles. The molecule has 3 N–H and O–H groups in total. The van der Waals surface area contributed by atoms with Crippen molar-refractivity contribution in [2.75, 3.05) is 0 Å². The highest BCUT2D eigenvalue weighted by Gasteiger charge is 2.45. The van der Waals surface area contributed by atoms with Crippen LogP contribution in [0.3, 0.4) is 0 Å². The summed E-state index contributed by atoms with van der Waals surface area (Å²) < 4.78 is 0.645. The Bertz CT molecular complexity index is 444. The second-order valence-electron chi connectivity index (χ2n) is 4.14. The minimum absolute atomic E-state index is 0.00350. The van der Waals surface area contributed by atoms with Gasteiger partial charge in [0.1, 0.15) is 0 Å². The third kappa shape index (κ3) is 1.83. The lowest BCUT2D eigenvalue weighted by molar-refractivity contribution is -0.386. The maximum atomic E-state index is 10.9. The Kier molecular flexibility index (Phi) is 2.73. The van der Waals surface area contributed by atoms with Gasteiger partial charge in [0, 0.05) is 16.1 Å². The van der Waals surface area contributed by atoms with Gasteiger partial charge >= 0.3 is 0 Å². The number of halogens is 1. The molecular weight excluding hydrogens is 276 g/mol. The van der Waals surface area contributed by atoms with Crippen LogP contribution in [0, 0.1) is 10.1 Å². The summed E-state index contributed by atoms with van der Waals surface area (Å²) in [7, 11) is 0. The normalized spacial score (nSPS) is 28.6. The highest BCUT2D eigenvalue weighted by Crippen LogP contribution is 2.43. The Morgan fingerprint density at radius 2 is 2.19 bits per heavy atom. The number of rotatable bonds is 2. The lowest BCUT2D eigenvalue weighted by Crippen LogP contribution is -2.51. The average Bonchev–Trinajstić information content (AvgIpc) is 2.15. The summed E-state index contributed by atoms with van der Waals surface area (Å²) in [6.45, 7) is 0. The van der Waals surface area contributed by atoms with Crippen molar-refractivity contribution in [2.45, 2.75) is 24.5 Å². The van der Waals surface area contributed by atoms with Gasteiger partial charge in [-0.3, -0.25) is 10.1 Å². The first-order valence-electron chi connectivity index (χ1n) is 4.84. The molecule has 2 rings (SSSR count). The van der Waals surface area contributed by atoms with E-state index in [9.17, 15) is 15.2 Å². The topological polar surface area (TPSA) is 89.4 Å². The van der Waals surface area contributed by atoms with E-state index in [-0.39, 0.29) is 5.69 Å². The molecule has 1 fully saturated rings. The van der Waals surface area contributed by atoms with Crippen LogP contribution >= 0.6 is 15.9 Å². The minimum Gasteiger partial charge on any atom is -0.393 e. The van der Waals surface area contributed by atoms with Gasteiger partial charge in [0.05, 0.1) is 16.6 Å². The predicted octanol–water partition coefficient (Wildman–Crippen LogP) is 1.67. The summed E-state index contributed by atoms with van der Waals surface area (Å²) >= 11 is 3.19. The van der Waals surface area contributed by atoms with E-state index in [0.29, 0.717) is 22.9 Å². The van der Waals surface area contributed by atoms with E-state index in [1.165, 1.54) is 6.07 Å². The first-order valence-corrected chi connectivity index (χ1v) is 5.63. The number of hydrogen-bond donors (Lipinski definition) is 2. The quantitative estimate of drug-likeness (QED) is 0.639. The number of aliphatic hydroxyl groups is 1. The zero-order valence-electron chi connectivity index (χ0n) is 8.39. The molecule has 1 saturated carbocycles. The monoisotopic (exact) mass is 286 g/mol. The van der Waals surface area contributed by atoms with Crippen LogP contribution in [0.2, 0.25) is 0 Å². The Labute approximate surface area is 101 Å². The highest BCUT2D eigenvalue weighted by molar-refractivity contribution is 9.10. The zero-order valence-corrected chi connectivity index (χ0v) is 9.98. The van der Waals surface area contributed by atoms with Crippen LogP contribution in [0.5, 0.6) is 0 Å². The molecule has 0 radical (unpaired) electrons. The molecular formula is C10H11BrN2O3. The lowest BCUT2D eigenvalue weighted by atomic mass is 9.70. The van der Waals surface area contributed by atoms with Crippen molar-refractivity contribution in [1.29, 1.82) is 0 Å². The first-order chi connectivity index (χ1) is 7.42. The number of hydrogen-bond acceptors (Lipinski definition) is 4. The summed E-state index contributed by atoms with van der Waals surface area (Å²) in [5.74, 6) is 0. The van der Waals surface area contributed by atoms with Crippen LogP contribution in [0.25, 0.3) is 0 Å². The minimum atomic E-state index is -0.761. The fourth-order valence-corrected chi connectivity index (χ4v) is 2.43. The van der Waals surface area contributed by atoms with Crippen LogP contribution in [-0.4, -0.2) is 16.1 Å². The molecule has 1 aliphatic rings. The Balaban J connectivity index is 2.45. The van der Waals surface area contributed by atoms with Crippen molar-refractivity contribution in [3.63, 3.8) is 0 Å². The van der Waals surface area contributed by atoms with Crippen molar-refractivity contribution in [2.24, 2.45) is 5.73 Å². The van der Waals surface area contributed by atoms with Crippen molar-refractivity contribution >= 4 is 21.6 Å². The van der Waals surface area contributed by atoms with E-state index in [4.69, 9.17) is 5.73 Å². The van der Waals surface area contributed by atoms with Crippen molar-refractivity contribution < 1.29 is 10.0 Å². The van der Waals surface area contributed by atoms with E-state index in [1.54, 1.807) is 12.1 Å². The SMILES string of the molecule is NC1(c2ccc(Br)cc2[N+](=O)[O-])CC(O)C1. The van der Waals surface area contributed by atoms with Crippen LogP contribution < -0.4 is 5.73 Å². The summed E-state index contributed by atoms with van der Waals surface area (Å²) in [4.78, 5) is 10.5. The third-order valence-electron chi connectivity index (χ3n) is 2.89. The van der Waals surface area contributed by atoms with Crippen LogP contribution in [0.15, 0.2) is 22.7 Å². The molecule has 0 atom stereocenters. The summed E-state index contributed by atoms with van der Waals surface area (Å²) in [5.41, 5.74) is 5.76. The van der Waals surface area contributed by atoms with Gasteiger partial charge in [0.25, 0.3) is 5.69 Å². The number of aliphatic hydroxyl groups excluding tert-OH is 1. The largest absolute Gasteiger partial charge is 0.393 e. The van der Waals surface area contributed by atoms with E-state index >= 15 is 0 Å². The fraction of sp³-hybridized carbons (Fsp3) is 0.400. The fourth-order valence-electron chi connectivity index (χ4n) is 2.08. The Morgan fingerprint density at radius 3 is 2.69 bits per heavy atom. The smallest absolute Gasteiger partial charge is 0.275 e. The molecule has 5 nitrogen and oxygen atoms in total. The van der Waals surface area contributed by atoms with Gasteiger partial charge in [0.2, 0.25) is 0 Å². The number of nitro groups is 1. The van der Waals surface area contributed by atoms with E-state index in [1.807, 2.05) is 0 Å². The summed E-state index contributed by atoms with van der Waals surface area (Å²) in [6, 6.07) is 4.81. The van der Waals surface area contributed by atoms with Crippen molar-refractivity contribution in [1.82, 2.24) is 0 Å². The number of benzene rings is 1. The van der Waals surface area contributed by atoms with Gasteiger partial charge in [-0.05, 0) is 25.0 Å². The summed E-state index contributed by atoms with van der Waals surface area (Å²) in [6.07, 6.45) is 0.290. The maximum Gasteiger partial charge on any atom is 0.275 e. The Hall–Kier alpha value is -0.980. The van der Waals surface area contributed by atoms with Crippen LogP contribution in [0.1, 0.15) is 18.4 Å². The standard InChI is InChI=1S/C10H11BrN2O3/c11-6-1-2-8(9(3-6)13(15)16)10(12)4-7(14)5-10/h1-3,7,14H,4-5,12H2. The molecule has 86 valence electrons.